The van der Waals surface area contributed by atoms with Gasteiger partial charge in [-0.25, -0.2) is 0 Å². The number of fused-ring (bicyclic) bond motifs is 1. The number of hydrogen-bond donors (Lipinski definition) is 2. The van der Waals surface area contributed by atoms with E-state index in [0.29, 0.717) is 6.17 Å². The molecule has 2 N–H and O–H groups in total. The number of nitrogens with one attached hydrogen (secondary N) is 2. The van der Waals surface area contributed by atoms with Gasteiger partial charge in [0.05, 0.1) is 24.7 Å². The van der Waals surface area contributed by atoms with Gasteiger partial charge in [-0.3, -0.25) is 9.80 Å². The Bertz CT molecular complexity index is 655. The van der Waals surface area contributed by atoms with Gasteiger partial charge in [-0.05, 0) is 37.1 Å². The molecule has 0 radical (unpaired) electrons. The highest BCUT2D eigenvalue weighted by Crippen LogP contribution is 2.17. The second-order valence-electron chi connectivity index (χ2n) is 7.36. The largest absolute Gasteiger partial charge is 0.279 e. The summed E-state index contributed by atoms with van der Waals surface area (Å²) in [5.74, 6) is 0. The summed E-state index contributed by atoms with van der Waals surface area (Å²) in [6, 6.07) is 20.4. The number of halogens is 1. The predicted molar refractivity (Wildman–Crippen MR) is 98.3 cm³/mol. The molecule has 0 saturated carbocycles. The SMILES string of the molecule is Clc1ccc([C@@H]2[NH+](Cc3ccccc3)CC[C@@H]3CCCC[NH+]32)cc1. The van der Waals surface area contributed by atoms with Crippen LogP contribution in [0.3, 0.4) is 0 Å². The summed E-state index contributed by atoms with van der Waals surface area (Å²) in [4.78, 5) is 3.51. The van der Waals surface area contributed by atoms with Crippen molar-refractivity contribution in [1.82, 2.24) is 0 Å². The van der Waals surface area contributed by atoms with Crippen LogP contribution >= 0.6 is 11.6 Å². The molecule has 24 heavy (non-hydrogen) atoms. The van der Waals surface area contributed by atoms with Crippen molar-refractivity contribution in [2.75, 3.05) is 13.1 Å². The Labute approximate surface area is 150 Å². The molecule has 2 saturated heterocycles. The zero-order valence-corrected chi connectivity index (χ0v) is 14.9. The van der Waals surface area contributed by atoms with E-state index in [4.69, 9.17) is 11.6 Å². The van der Waals surface area contributed by atoms with Gasteiger partial charge in [0.1, 0.15) is 6.54 Å². The summed E-state index contributed by atoms with van der Waals surface area (Å²) in [6.07, 6.45) is 6.09. The minimum absolute atomic E-state index is 0.543. The quantitative estimate of drug-likeness (QED) is 0.846. The van der Waals surface area contributed by atoms with E-state index in [-0.39, 0.29) is 0 Å². The average molecular weight is 343 g/mol. The molecule has 2 aliphatic rings. The third-order valence-corrected chi connectivity index (χ3v) is 6.11. The van der Waals surface area contributed by atoms with E-state index in [1.54, 1.807) is 9.80 Å². The van der Waals surface area contributed by atoms with E-state index < -0.39 is 0 Å². The van der Waals surface area contributed by atoms with Crippen molar-refractivity contribution in [2.45, 2.75) is 44.4 Å². The zero-order valence-electron chi connectivity index (χ0n) is 14.2. The van der Waals surface area contributed by atoms with E-state index in [2.05, 4.69) is 54.6 Å². The Balaban J connectivity index is 1.64. The Hall–Kier alpha value is -1.35. The molecule has 3 heteroatoms. The molecule has 126 valence electrons. The van der Waals surface area contributed by atoms with Crippen LogP contribution in [0.1, 0.15) is 43.0 Å². The summed E-state index contributed by atoms with van der Waals surface area (Å²) in [5.41, 5.74) is 2.90. The fraction of sp³-hybridized carbons (Fsp3) is 0.429. The van der Waals surface area contributed by atoms with Crippen LogP contribution in [-0.4, -0.2) is 19.1 Å². The Morgan fingerprint density at radius 3 is 2.46 bits per heavy atom. The highest BCUT2D eigenvalue weighted by Gasteiger charge is 2.44. The van der Waals surface area contributed by atoms with Crippen molar-refractivity contribution in [3.8, 4) is 0 Å². The fourth-order valence-corrected chi connectivity index (χ4v) is 4.86. The molecule has 4 atom stereocenters. The highest BCUT2D eigenvalue weighted by molar-refractivity contribution is 6.30. The van der Waals surface area contributed by atoms with Crippen LogP contribution in [0, 0.1) is 0 Å². The van der Waals surface area contributed by atoms with Gasteiger partial charge in [-0.2, -0.15) is 0 Å². The summed E-state index contributed by atoms with van der Waals surface area (Å²) in [6.45, 7) is 3.71. The topological polar surface area (TPSA) is 8.88 Å². The van der Waals surface area contributed by atoms with E-state index >= 15 is 0 Å². The molecule has 0 bridgehead atoms. The molecule has 0 aromatic heterocycles. The highest BCUT2D eigenvalue weighted by atomic mass is 35.5. The second-order valence-corrected chi connectivity index (χ2v) is 7.80. The van der Waals surface area contributed by atoms with Gasteiger partial charge < -0.3 is 0 Å². The lowest BCUT2D eigenvalue weighted by Crippen LogP contribution is -3.35. The lowest BCUT2D eigenvalue weighted by molar-refractivity contribution is -1.17. The van der Waals surface area contributed by atoms with Crippen LogP contribution < -0.4 is 9.80 Å². The van der Waals surface area contributed by atoms with E-state index in [1.165, 1.54) is 49.9 Å². The number of hydrogen-bond acceptors (Lipinski definition) is 0. The van der Waals surface area contributed by atoms with E-state index in [9.17, 15) is 0 Å². The van der Waals surface area contributed by atoms with Crippen molar-refractivity contribution in [3.05, 3.63) is 70.7 Å². The monoisotopic (exact) mass is 342 g/mol. The smallest absolute Gasteiger partial charge is 0.240 e. The molecule has 0 spiro atoms. The maximum atomic E-state index is 6.14. The Morgan fingerprint density at radius 2 is 1.67 bits per heavy atom. The molecule has 0 aliphatic carbocycles. The van der Waals surface area contributed by atoms with Crippen LogP contribution in [0.4, 0.5) is 0 Å². The first kappa shape index (κ1) is 16.1. The maximum Gasteiger partial charge on any atom is 0.240 e. The summed E-state index contributed by atoms with van der Waals surface area (Å²) >= 11 is 6.14. The van der Waals surface area contributed by atoms with Crippen molar-refractivity contribution in [3.63, 3.8) is 0 Å². The van der Waals surface area contributed by atoms with Gasteiger partial charge in [0, 0.05) is 23.4 Å². The molecular formula is C21H27ClN2+2. The van der Waals surface area contributed by atoms with Gasteiger partial charge in [-0.1, -0.05) is 41.9 Å². The van der Waals surface area contributed by atoms with E-state index in [1.807, 2.05) is 0 Å². The summed E-state index contributed by atoms with van der Waals surface area (Å²) in [5, 5.41) is 0.837. The third kappa shape index (κ3) is 3.37. The van der Waals surface area contributed by atoms with Gasteiger partial charge in [0.15, 0.2) is 0 Å². The molecule has 0 amide bonds. The van der Waals surface area contributed by atoms with Crippen LogP contribution in [0.2, 0.25) is 5.02 Å². The molecule has 2 fully saturated rings. The van der Waals surface area contributed by atoms with E-state index in [0.717, 1.165) is 17.6 Å². The van der Waals surface area contributed by atoms with Crippen molar-refractivity contribution >= 4 is 11.6 Å². The third-order valence-electron chi connectivity index (χ3n) is 5.86. The predicted octanol–water partition coefficient (Wildman–Crippen LogP) is 2.26. The lowest BCUT2D eigenvalue weighted by atomic mass is 9.93. The molecule has 2 nitrogen and oxygen atoms in total. The number of quaternary nitrogens is 2. The molecule has 2 aromatic rings. The fourth-order valence-electron chi connectivity index (χ4n) is 4.74. The number of piperidine rings is 1. The van der Waals surface area contributed by atoms with Crippen molar-refractivity contribution in [2.24, 2.45) is 0 Å². The molecule has 2 aliphatic heterocycles. The van der Waals surface area contributed by atoms with Crippen LogP contribution in [0.15, 0.2) is 54.6 Å². The molecule has 2 unspecified atom stereocenters. The van der Waals surface area contributed by atoms with Crippen LogP contribution in [-0.2, 0) is 6.54 Å². The second kappa shape index (κ2) is 7.26. The van der Waals surface area contributed by atoms with Crippen LogP contribution in [0.25, 0.3) is 0 Å². The normalized spacial score (nSPS) is 29.9. The molecule has 4 rings (SSSR count). The Morgan fingerprint density at radius 1 is 0.875 bits per heavy atom. The minimum Gasteiger partial charge on any atom is -0.279 e. The van der Waals surface area contributed by atoms with Crippen LogP contribution in [0.5, 0.6) is 0 Å². The Kier molecular flexibility index (Phi) is 4.88. The minimum atomic E-state index is 0.543. The zero-order chi connectivity index (χ0) is 16.4. The standard InChI is InChI=1S/C21H25ClN2/c22-19-11-9-18(10-12-19)21-23(16-17-6-2-1-3-7-17)15-13-20-8-4-5-14-24(20)21/h1-3,6-7,9-12,20-21H,4-5,8,13-16H2/p+2/t20-,21+/m0/s1. The first-order chi connectivity index (χ1) is 11.8. The van der Waals surface area contributed by atoms with Gasteiger partial charge in [0.25, 0.3) is 0 Å². The summed E-state index contributed by atoms with van der Waals surface area (Å²) < 4.78 is 0. The molecular weight excluding hydrogens is 316 g/mol. The number of rotatable bonds is 3. The molecule has 2 heterocycles. The van der Waals surface area contributed by atoms with Gasteiger partial charge >= 0.3 is 0 Å². The first-order valence-electron chi connectivity index (χ1n) is 9.31. The molecule has 2 aromatic carbocycles. The van der Waals surface area contributed by atoms with Gasteiger partial charge in [-0.15, -0.1) is 0 Å². The van der Waals surface area contributed by atoms with Crippen molar-refractivity contribution < 1.29 is 9.80 Å². The van der Waals surface area contributed by atoms with Gasteiger partial charge in [0.2, 0.25) is 6.17 Å². The first-order valence-corrected chi connectivity index (χ1v) is 9.68. The summed E-state index contributed by atoms with van der Waals surface area (Å²) in [7, 11) is 0. The lowest BCUT2D eigenvalue weighted by Gasteiger charge is -2.45. The van der Waals surface area contributed by atoms with Crippen molar-refractivity contribution in [1.29, 1.82) is 0 Å². The average Bonchev–Trinajstić information content (AvgIpc) is 2.63. The number of benzene rings is 2. The maximum absolute atomic E-state index is 6.14.